The van der Waals surface area contributed by atoms with Crippen molar-refractivity contribution in [3.05, 3.63) is 29.3 Å². The van der Waals surface area contributed by atoms with Gasteiger partial charge in [0.15, 0.2) is 0 Å². The molecule has 0 spiro atoms. The van der Waals surface area contributed by atoms with E-state index >= 15 is 0 Å². The molecule has 0 unspecified atom stereocenters. The summed E-state index contributed by atoms with van der Waals surface area (Å²) in [4.78, 5) is 8.36. The van der Waals surface area contributed by atoms with Crippen LogP contribution in [0.2, 0.25) is 5.02 Å². The molecule has 55 valence electrons. The van der Waals surface area contributed by atoms with E-state index in [0.29, 0.717) is 0 Å². The van der Waals surface area contributed by atoms with Crippen molar-refractivity contribution in [2.24, 2.45) is 0 Å². The van der Waals surface area contributed by atoms with Crippen LogP contribution in [-0.4, -0.2) is 11.6 Å². The van der Waals surface area contributed by atoms with Gasteiger partial charge in [-0.1, -0.05) is 0 Å². The quantitative estimate of drug-likeness (QED) is 0.559. The average Bonchev–Trinajstić information content (AvgIpc) is 1.97. The molecule has 0 radical (unpaired) electrons. The largest absolute Gasteiger partial charge is 0.483 e. The molecule has 0 atom stereocenters. The molecule has 2 nitrogen and oxygen atoms in total. The third-order valence-electron chi connectivity index (χ3n) is 0.913. The fraction of sp³-hybridized carbons (Fsp3) is 0. The fourth-order valence-corrected chi connectivity index (χ4v) is 1.53. The van der Waals surface area contributed by atoms with Gasteiger partial charge in [0.1, 0.15) is 0 Å². The van der Waals surface area contributed by atoms with Gasteiger partial charge in [-0.25, -0.2) is 0 Å². The summed E-state index contributed by atoms with van der Waals surface area (Å²) in [7, 11) is 0. The van der Waals surface area contributed by atoms with Crippen LogP contribution >= 0.6 is 11.6 Å². The van der Waals surface area contributed by atoms with Gasteiger partial charge in [0, 0.05) is 0 Å². The predicted octanol–water partition coefficient (Wildman–Crippen LogP) is 1.21. The summed E-state index contributed by atoms with van der Waals surface area (Å²) in [5.74, 6) is 0. The van der Waals surface area contributed by atoms with E-state index in [1.165, 1.54) is 3.07 Å². The minimum absolute atomic E-state index is 0.250. The maximum absolute atomic E-state index is 8.36. The Hall–Kier alpha value is -0.0849. The van der Waals surface area contributed by atoms with Crippen molar-refractivity contribution in [2.45, 2.75) is 0 Å². The predicted molar refractivity (Wildman–Crippen MR) is 39.8 cm³/mol. The van der Waals surface area contributed by atoms with Gasteiger partial charge in [0.25, 0.3) is 6.47 Å². The number of rotatable bonds is 0. The van der Waals surface area contributed by atoms with Gasteiger partial charge in [0.05, 0.1) is 0 Å². The van der Waals surface area contributed by atoms with E-state index in [2.05, 4.69) is 12.1 Å². The van der Waals surface area contributed by atoms with E-state index < -0.39 is 0 Å². The van der Waals surface area contributed by atoms with Crippen molar-refractivity contribution in [3.63, 3.8) is 0 Å². The van der Waals surface area contributed by atoms with Crippen LogP contribution < -0.4 is 3.07 Å². The Morgan fingerprint density at radius 3 is 2.00 bits per heavy atom. The first-order valence-electron chi connectivity index (χ1n) is 2.86. The van der Waals surface area contributed by atoms with Crippen molar-refractivity contribution in [2.75, 3.05) is 0 Å². The summed E-state index contributed by atoms with van der Waals surface area (Å²) in [5, 5.41) is 7.72. The third kappa shape index (κ3) is 6.32. The van der Waals surface area contributed by atoms with Crippen molar-refractivity contribution in [1.29, 1.82) is 0 Å². The Balaban J connectivity index is 0.000000292. The van der Waals surface area contributed by atoms with Crippen molar-refractivity contribution < 1.29 is 36.0 Å². The van der Waals surface area contributed by atoms with Gasteiger partial charge in [-0.2, -0.15) is 0 Å². The van der Waals surface area contributed by atoms with Crippen molar-refractivity contribution in [3.8, 4) is 0 Å². The molecule has 0 saturated carbocycles. The zero-order valence-electron chi connectivity index (χ0n) is 5.83. The maximum Gasteiger partial charge on any atom is 0.290 e. The molecule has 0 amide bonds. The van der Waals surface area contributed by atoms with E-state index in [9.17, 15) is 0 Å². The van der Waals surface area contributed by atoms with E-state index in [1.807, 2.05) is 12.1 Å². The number of carboxylic acid groups (broad SMARTS) is 1. The van der Waals surface area contributed by atoms with Gasteiger partial charge >= 0.3 is 70.1 Å². The van der Waals surface area contributed by atoms with Gasteiger partial charge in [-0.15, -0.1) is 0 Å². The molecule has 1 aromatic rings. The topological polar surface area (TPSA) is 37.3 Å². The molecular weight excluding hydrogens is 352 g/mol. The molecular formula is C7H6ClHgO2. The van der Waals surface area contributed by atoms with Crippen LogP contribution in [0, 0.1) is 0 Å². The summed E-state index contributed by atoms with van der Waals surface area (Å²) in [6, 6.07) is 8.02. The van der Waals surface area contributed by atoms with Gasteiger partial charge < -0.3 is 5.11 Å². The third-order valence-corrected chi connectivity index (χ3v) is 3.00. The van der Waals surface area contributed by atoms with Gasteiger partial charge in [-0.3, -0.25) is 4.79 Å². The smallest absolute Gasteiger partial charge is 0.290 e. The molecule has 0 fully saturated rings. The van der Waals surface area contributed by atoms with Crippen LogP contribution in [0.3, 0.4) is 0 Å². The zero-order valence-corrected chi connectivity index (χ0v) is 12.1. The summed E-state index contributed by atoms with van der Waals surface area (Å²) < 4.78 is 1.44. The summed E-state index contributed by atoms with van der Waals surface area (Å²) >= 11 is 6.38. The normalized spacial score (nSPS) is 7.91. The number of hydrogen-bond acceptors (Lipinski definition) is 1. The number of benzene rings is 1. The number of hydrogen-bond donors (Lipinski definition) is 1. The molecule has 1 rings (SSSR count). The monoisotopic (exact) mass is 359 g/mol. The van der Waals surface area contributed by atoms with E-state index in [0.717, 1.165) is 31.1 Å². The standard InChI is InChI=1S/C6H4Cl.CH2O2.Hg/c7-6-4-2-1-3-5-6;2-1-3;/h2-5H;1H,(H,2,3);. The number of carbonyl (C=O) groups is 1. The molecule has 0 aromatic heterocycles. The Bertz CT molecular complexity index is 189. The summed E-state index contributed by atoms with van der Waals surface area (Å²) in [5.41, 5.74) is 0. The minimum Gasteiger partial charge on any atom is -0.483 e. The second kappa shape index (κ2) is 6.61. The Morgan fingerprint density at radius 1 is 1.36 bits per heavy atom. The fourth-order valence-electron chi connectivity index (χ4n) is 0.484. The number of halogens is 1. The molecule has 0 aliphatic carbocycles. The molecule has 1 N–H and O–H groups in total. The van der Waals surface area contributed by atoms with E-state index in [1.54, 1.807) is 0 Å². The van der Waals surface area contributed by atoms with E-state index in [-0.39, 0.29) is 6.47 Å². The van der Waals surface area contributed by atoms with Crippen LogP contribution in [0.25, 0.3) is 0 Å². The summed E-state index contributed by atoms with van der Waals surface area (Å²) in [6.07, 6.45) is 0. The average molecular weight is 358 g/mol. The molecule has 0 bridgehead atoms. The molecule has 0 heterocycles. The zero-order chi connectivity index (χ0) is 8.69. The Morgan fingerprint density at radius 2 is 1.73 bits per heavy atom. The van der Waals surface area contributed by atoms with Crippen LogP contribution in [0.15, 0.2) is 24.3 Å². The first kappa shape index (κ1) is 10.9. The Labute approximate surface area is 86.2 Å². The molecule has 4 heteroatoms. The van der Waals surface area contributed by atoms with Crippen LogP contribution in [0.5, 0.6) is 0 Å². The van der Waals surface area contributed by atoms with Crippen molar-refractivity contribution in [1.82, 2.24) is 0 Å². The second-order valence-electron chi connectivity index (χ2n) is 1.73. The van der Waals surface area contributed by atoms with E-state index in [4.69, 9.17) is 21.5 Å². The van der Waals surface area contributed by atoms with Crippen LogP contribution in [0.1, 0.15) is 0 Å². The van der Waals surface area contributed by atoms with Crippen LogP contribution in [0.4, 0.5) is 0 Å². The molecule has 11 heavy (non-hydrogen) atoms. The van der Waals surface area contributed by atoms with Gasteiger partial charge in [0.2, 0.25) is 0 Å². The SMILES string of the molecule is Clc1cc[c]([Hg])cc1.O=CO. The first-order chi connectivity index (χ1) is 5.20. The minimum atomic E-state index is -0.250. The maximum atomic E-state index is 8.36. The molecule has 0 aliphatic rings. The molecule has 0 aliphatic heterocycles. The van der Waals surface area contributed by atoms with Crippen molar-refractivity contribution >= 4 is 21.1 Å². The molecule has 0 saturated heterocycles. The second-order valence-corrected chi connectivity index (χ2v) is 5.34. The first-order valence-corrected chi connectivity index (χ1v) is 5.98. The molecule has 1 aromatic carbocycles. The summed E-state index contributed by atoms with van der Waals surface area (Å²) in [6.45, 7) is -0.250. The van der Waals surface area contributed by atoms with Gasteiger partial charge in [-0.05, 0) is 0 Å². The Kier molecular flexibility index (Phi) is 6.56. The van der Waals surface area contributed by atoms with Crippen LogP contribution in [-0.2, 0) is 30.9 Å².